The number of carbonyl (C=O) groups is 1. The maximum Gasteiger partial charge on any atom is 0.243 e. The van der Waals surface area contributed by atoms with Crippen molar-refractivity contribution in [1.29, 1.82) is 0 Å². The summed E-state index contributed by atoms with van der Waals surface area (Å²) in [7, 11) is -0.0300. The van der Waals surface area contributed by atoms with Crippen LogP contribution in [0.15, 0.2) is 47.4 Å². The first-order valence-corrected chi connectivity index (χ1v) is 13.6. The van der Waals surface area contributed by atoms with Crippen molar-refractivity contribution in [2.24, 2.45) is 5.41 Å². The zero-order valence-electron chi connectivity index (χ0n) is 21.2. The molecular weight excluding hydrogens is 486 g/mol. The van der Waals surface area contributed by atoms with Crippen LogP contribution in [-0.2, 0) is 26.1 Å². The molecule has 0 saturated carbocycles. The van der Waals surface area contributed by atoms with Crippen LogP contribution in [0.3, 0.4) is 0 Å². The Hall–Kier alpha value is -2.13. The molecule has 1 aliphatic heterocycles. The van der Waals surface area contributed by atoms with Crippen molar-refractivity contribution in [2.45, 2.75) is 57.6 Å². The van der Waals surface area contributed by atoms with Gasteiger partial charge < -0.3 is 15.0 Å². The lowest BCUT2D eigenvalue weighted by Crippen LogP contribution is -2.37. The Kier molecular flexibility index (Phi) is 8.86. The van der Waals surface area contributed by atoms with Gasteiger partial charge in [-0.05, 0) is 60.2 Å². The van der Waals surface area contributed by atoms with E-state index in [9.17, 15) is 13.2 Å². The first kappa shape index (κ1) is 27.5. The molecule has 2 aromatic rings. The molecule has 192 valence electrons. The standard InChI is InChI=1S/C26H36ClN3O4S/c1-26(2,3)16-25(31)28-21-11-12-24(29(4)5)19(14-21)17-30(18-22-9-7-13-34-22)35(32,33)23-10-6-8-20(27)15-23/h6,8,10-12,14-15,22H,7,9,13,16-18H2,1-5H3,(H,28,31)/t22-/m1/s1. The number of anilines is 2. The van der Waals surface area contributed by atoms with E-state index in [1.807, 2.05) is 58.0 Å². The van der Waals surface area contributed by atoms with Crippen LogP contribution in [0.2, 0.25) is 5.02 Å². The van der Waals surface area contributed by atoms with Gasteiger partial charge in [0.05, 0.1) is 11.0 Å². The number of amides is 1. The highest BCUT2D eigenvalue weighted by atomic mass is 35.5. The molecule has 0 unspecified atom stereocenters. The number of benzene rings is 2. The van der Waals surface area contributed by atoms with E-state index in [0.717, 1.165) is 24.1 Å². The van der Waals surface area contributed by atoms with Crippen LogP contribution in [0, 0.1) is 5.41 Å². The van der Waals surface area contributed by atoms with Crippen molar-refractivity contribution in [2.75, 3.05) is 37.5 Å². The Bertz CT molecular complexity index is 1140. The molecule has 2 aromatic carbocycles. The molecule has 0 aromatic heterocycles. The summed E-state index contributed by atoms with van der Waals surface area (Å²) in [6.07, 6.45) is 1.94. The summed E-state index contributed by atoms with van der Waals surface area (Å²) in [4.78, 5) is 14.6. The number of hydrogen-bond acceptors (Lipinski definition) is 5. The van der Waals surface area contributed by atoms with Gasteiger partial charge in [0.2, 0.25) is 15.9 Å². The van der Waals surface area contributed by atoms with E-state index in [4.69, 9.17) is 16.3 Å². The van der Waals surface area contributed by atoms with Gasteiger partial charge in [0.25, 0.3) is 0 Å². The minimum atomic E-state index is -3.85. The van der Waals surface area contributed by atoms with Crippen LogP contribution in [0.1, 0.15) is 45.6 Å². The number of carbonyl (C=O) groups excluding carboxylic acids is 1. The molecule has 7 nitrogen and oxygen atoms in total. The summed E-state index contributed by atoms with van der Waals surface area (Å²) >= 11 is 6.11. The summed E-state index contributed by atoms with van der Waals surface area (Å²) in [5.41, 5.74) is 2.15. The minimum absolute atomic E-state index is 0.0798. The van der Waals surface area contributed by atoms with Crippen LogP contribution in [0.25, 0.3) is 0 Å². The topological polar surface area (TPSA) is 79.0 Å². The number of halogens is 1. The van der Waals surface area contributed by atoms with Gasteiger partial charge in [-0.25, -0.2) is 8.42 Å². The van der Waals surface area contributed by atoms with Crippen LogP contribution < -0.4 is 10.2 Å². The summed E-state index contributed by atoms with van der Waals surface area (Å²) in [6.45, 7) is 7.03. The Morgan fingerprint density at radius 1 is 1.17 bits per heavy atom. The third kappa shape index (κ3) is 7.67. The lowest BCUT2D eigenvalue weighted by molar-refractivity contribution is -0.117. The molecule has 9 heteroatoms. The van der Waals surface area contributed by atoms with Crippen molar-refractivity contribution in [3.63, 3.8) is 0 Å². The lowest BCUT2D eigenvalue weighted by Gasteiger charge is -2.27. The van der Waals surface area contributed by atoms with Gasteiger partial charge in [0.1, 0.15) is 0 Å². The van der Waals surface area contributed by atoms with Crippen LogP contribution in [0.4, 0.5) is 11.4 Å². The zero-order valence-corrected chi connectivity index (χ0v) is 22.7. The van der Waals surface area contributed by atoms with Crippen LogP contribution >= 0.6 is 11.6 Å². The second kappa shape index (κ2) is 11.3. The SMILES string of the molecule is CN(C)c1ccc(NC(=O)CC(C)(C)C)cc1CN(C[C@H]1CCCO1)S(=O)(=O)c1cccc(Cl)c1. The van der Waals surface area contributed by atoms with Crippen molar-refractivity contribution < 1.29 is 17.9 Å². The van der Waals surface area contributed by atoms with Gasteiger partial charge in [-0.3, -0.25) is 4.79 Å². The molecule has 0 spiro atoms. The van der Waals surface area contributed by atoms with Gasteiger partial charge >= 0.3 is 0 Å². The molecule has 0 bridgehead atoms. The molecule has 3 rings (SSSR count). The Balaban J connectivity index is 1.96. The molecule has 1 fully saturated rings. The Morgan fingerprint density at radius 2 is 1.91 bits per heavy atom. The number of hydrogen-bond donors (Lipinski definition) is 1. The molecule has 35 heavy (non-hydrogen) atoms. The highest BCUT2D eigenvalue weighted by Gasteiger charge is 2.30. The quantitative estimate of drug-likeness (QED) is 0.493. The van der Waals surface area contributed by atoms with Crippen molar-refractivity contribution in [1.82, 2.24) is 4.31 Å². The second-order valence-corrected chi connectivity index (χ2v) is 12.8. The first-order valence-electron chi connectivity index (χ1n) is 11.8. The van der Waals surface area contributed by atoms with Crippen molar-refractivity contribution in [3.05, 3.63) is 53.1 Å². The van der Waals surface area contributed by atoms with Gasteiger partial charge in [0.15, 0.2) is 0 Å². The van der Waals surface area contributed by atoms with E-state index in [0.29, 0.717) is 23.7 Å². The smallest absolute Gasteiger partial charge is 0.243 e. The minimum Gasteiger partial charge on any atom is -0.377 e. The monoisotopic (exact) mass is 521 g/mol. The normalized spacial score (nSPS) is 16.5. The fourth-order valence-electron chi connectivity index (χ4n) is 4.14. The third-order valence-electron chi connectivity index (χ3n) is 5.75. The van der Waals surface area contributed by atoms with E-state index in [1.165, 1.54) is 10.4 Å². The number of nitrogens with one attached hydrogen (secondary N) is 1. The molecule has 0 radical (unpaired) electrons. The maximum absolute atomic E-state index is 13.7. The predicted octanol–water partition coefficient (Wildman–Crippen LogP) is 5.15. The van der Waals surface area contributed by atoms with Crippen molar-refractivity contribution in [3.8, 4) is 0 Å². The average Bonchev–Trinajstić information content (AvgIpc) is 3.25. The highest BCUT2D eigenvalue weighted by Crippen LogP contribution is 2.29. The molecule has 1 heterocycles. The largest absolute Gasteiger partial charge is 0.377 e. The van der Waals surface area contributed by atoms with Crippen LogP contribution in [-0.4, -0.2) is 52.0 Å². The fourth-order valence-corrected chi connectivity index (χ4v) is 5.89. The number of rotatable bonds is 9. The van der Waals surface area contributed by atoms with E-state index in [-0.39, 0.29) is 35.4 Å². The van der Waals surface area contributed by atoms with Gasteiger partial charge in [0, 0.05) is 56.6 Å². The lowest BCUT2D eigenvalue weighted by atomic mass is 9.92. The molecule has 1 amide bonds. The molecular formula is C26H36ClN3O4S. The Labute approximate surface area is 214 Å². The summed E-state index contributed by atoms with van der Waals surface area (Å²) < 4.78 is 34.6. The first-order chi connectivity index (χ1) is 16.3. The summed E-state index contributed by atoms with van der Waals surface area (Å²) in [5, 5.41) is 3.32. The van der Waals surface area contributed by atoms with Gasteiger partial charge in [-0.2, -0.15) is 4.31 Å². The second-order valence-electron chi connectivity index (χ2n) is 10.4. The summed E-state index contributed by atoms with van der Waals surface area (Å²) in [5.74, 6) is -0.0798. The Morgan fingerprint density at radius 3 is 2.51 bits per heavy atom. The highest BCUT2D eigenvalue weighted by molar-refractivity contribution is 7.89. The van der Waals surface area contributed by atoms with E-state index >= 15 is 0 Å². The number of sulfonamides is 1. The third-order valence-corrected chi connectivity index (χ3v) is 7.79. The van der Waals surface area contributed by atoms with E-state index < -0.39 is 10.0 Å². The zero-order chi connectivity index (χ0) is 25.8. The van der Waals surface area contributed by atoms with Gasteiger partial charge in [-0.15, -0.1) is 0 Å². The van der Waals surface area contributed by atoms with E-state index in [1.54, 1.807) is 18.2 Å². The average molecular weight is 522 g/mol. The number of nitrogens with zero attached hydrogens (tertiary/aromatic N) is 2. The maximum atomic E-state index is 13.7. The fraction of sp³-hybridized carbons (Fsp3) is 0.500. The summed E-state index contributed by atoms with van der Waals surface area (Å²) in [6, 6.07) is 11.9. The number of ether oxygens (including phenoxy) is 1. The molecule has 1 saturated heterocycles. The van der Waals surface area contributed by atoms with Crippen molar-refractivity contribution >= 4 is 38.9 Å². The van der Waals surface area contributed by atoms with E-state index in [2.05, 4.69) is 5.32 Å². The predicted molar refractivity (Wildman–Crippen MR) is 141 cm³/mol. The van der Waals surface area contributed by atoms with Crippen LogP contribution in [0.5, 0.6) is 0 Å². The molecule has 1 N–H and O–H groups in total. The molecule has 1 atom stereocenters. The molecule has 0 aliphatic carbocycles. The molecule has 1 aliphatic rings. The van der Waals surface area contributed by atoms with Gasteiger partial charge in [-0.1, -0.05) is 38.4 Å².